The van der Waals surface area contributed by atoms with E-state index in [1.165, 1.54) is 6.07 Å². The van der Waals surface area contributed by atoms with Crippen molar-refractivity contribution >= 4 is 34.4 Å². The number of furan rings is 2. The van der Waals surface area contributed by atoms with Crippen molar-refractivity contribution in [3.8, 4) is 0 Å². The number of piperidine rings is 1. The third-order valence-corrected chi connectivity index (χ3v) is 6.40. The molecule has 3 aromatic rings. The van der Waals surface area contributed by atoms with Gasteiger partial charge in [0.15, 0.2) is 5.76 Å². The van der Waals surface area contributed by atoms with Crippen LogP contribution in [0.2, 0.25) is 0 Å². The van der Waals surface area contributed by atoms with Crippen molar-refractivity contribution in [3.63, 3.8) is 0 Å². The highest BCUT2D eigenvalue weighted by Crippen LogP contribution is 2.33. The number of amides is 2. The van der Waals surface area contributed by atoms with Gasteiger partial charge >= 0.3 is 5.88 Å². The fourth-order valence-corrected chi connectivity index (χ4v) is 4.44. The first-order valence-electron chi connectivity index (χ1n) is 12.0. The summed E-state index contributed by atoms with van der Waals surface area (Å²) >= 11 is 0. The lowest BCUT2D eigenvalue weighted by molar-refractivity contribution is -0.402. The first-order valence-corrected chi connectivity index (χ1v) is 12.0. The molecule has 0 bridgehead atoms. The molecule has 0 spiro atoms. The zero-order chi connectivity index (χ0) is 25.7. The number of carbonyl (C=O) groups excluding carboxylic acids is 2. The van der Waals surface area contributed by atoms with E-state index in [0.29, 0.717) is 30.1 Å². The van der Waals surface area contributed by atoms with Gasteiger partial charge in [-0.1, -0.05) is 12.1 Å². The van der Waals surface area contributed by atoms with Crippen LogP contribution in [0.25, 0.3) is 11.0 Å². The van der Waals surface area contributed by atoms with Gasteiger partial charge in [0, 0.05) is 44.3 Å². The Bertz CT molecular complexity index is 1230. The summed E-state index contributed by atoms with van der Waals surface area (Å²) in [6.45, 7) is 5.50. The van der Waals surface area contributed by atoms with Crippen LogP contribution in [0.4, 0.5) is 11.6 Å². The van der Waals surface area contributed by atoms with Crippen LogP contribution in [0.5, 0.6) is 0 Å². The number of carbonyl (C=O) groups is 2. The summed E-state index contributed by atoms with van der Waals surface area (Å²) in [6.07, 6.45) is 2.62. The largest absolute Gasteiger partial charge is 0.449 e. The van der Waals surface area contributed by atoms with Crippen LogP contribution in [0.3, 0.4) is 0 Å². The van der Waals surface area contributed by atoms with Crippen LogP contribution in [-0.4, -0.2) is 72.5 Å². The molecule has 1 aliphatic rings. The predicted molar refractivity (Wildman–Crippen MR) is 132 cm³/mol. The second kappa shape index (κ2) is 11.4. The van der Waals surface area contributed by atoms with Crippen LogP contribution in [0.15, 0.2) is 45.2 Å². The molecule has 2 amide bonds. The van der Waals surface area contributed by atoms with Gasteiger partial charge in [-0.3, -0.25) is 19.7 Å². The summed E-state index contributed by atoms with van der Waals surface area (Å²) in [5, 5.41) is 14.1. The van der Waals surface area contributed by atoms with E-state index >= 15 is 0 Å². The van der Waals surface area contributed by atoms with E-state index in [9.17, 15) is 19.7 Å². The standard InChI is InChI=1S/C25H30N4O7/c1-3-34-16-6-13-27(2)17-11-14-28(15-12-17)25(31)23-22(18-7-4-5-8-19(18)36-23)26-24(30)20-9-10-21(35-20)29(32)33/h4-5,7-10,17H,3,6,11-16H2,1-2H3,(H,26,30). The van der Waals surface area contributed by atoms with Crippen molar-refractivity contribution in [2.24, 2.45) is 0 Å². The SMILES string of the molecule is CCOCCCN(C)C1CCN(C(=O)c2oc3ccccc3c2NC(=O)c2ccc([N+](=O)[O-])o2)CC1. The monoisotopic (exact) mass is 498 g/mol. The minimum Gasteiger partial charge on any atom is -0.449 e. The van der Waals surface area contributed by atoms with Crippen LogP contribution in [-0.2, 0) is 4.74 Å². The molecule has 36 heavy (non-hydrogen) atoms. The molecule has 11 heteroatoms. The van der Waals surface area contributed by atoms with Gasteiger partial charge in [-0.15, -0.1) is 0 Å². The number of fused-ring (bicyclic) bond motifs is 1. The molecule has 0 atom stereocenters. The number of nitrogens with zero attached hydrogens (tertiary/aromatic N) is 3. The van der Waals surface area contributed by atoms with Gasteiger partial charge in [0.25, 0.3) is 11.8 Å². The van der Waals surface area contributed by atoms with Gasteiger partial charge in [-0.05, 0) is 51.4 Å². The Labute approximate surface area is 208 Å². The molecular formula is C25H30N4O7. The fourth-order valence-electron chi connectivity index (χ4n) is 4.44. The summed E-state index contributed by atoms with van der Waals surface area (Å²) in [5.41, 5.74) is 0.667. The Balaban J connectivity index is 1.47. The maximum absolute atomic E-state index is 13.5. The van der Waals surface area contributed by atoms with E-state index in [1.54, 1.807) is 29.2 Å². The van der Waals surface area contributed by atoms with Gasteiger partial charge in [0.05, 0.1) is 6.07 Å². The maximum atomic E-state index is 13.5. The topological polar surface area (TPSA) is 131 Å². The summed E-state index contributed by atoms with van der Waals surface area (Å²) in [6, 6.07) is 9.68. The first kappa shape index (κ1) is 25.4. The molecule has 11 nitrogen and oxygen atoms in total. The molecule has 192 valence electrons. The highest BCUT2D eigenvalue weighted by atomic mass is 16.6. The number of hydrogen-bond acceptors (Lipinski definition) is 8. The van der Waals surface area contributed by atoms with Crippen LogP contribution in [0, 0.1) is 10.1 Å². The van der Waals surface area contributed by atoms with E-state index in [4.69, 9.17) is 13.6 Å². The summed E-state index contributed by atoms with van der Waals surface area (Å²) in [4.78, 5) is 40.5. The van der Waals surface area contributed by atoms with Crippen LogP contribution >= 0.6 is 0 Å². The van der Waals surface area contributed by atoms with Crippen LogP contribution in [0.1, 0.15) is 47.3 Å². The number of ether oxygens (including phenoxy) is 1. The molecule has 1 saturated heterocycles. The van der Waals surface area contributed by atoms with Crippen molar-refractivity contribution in [2.75, 3.05) is 45.2 Å². The minimum absolute atomic E-state index is 0.0223. The van der Waals surface area contributed by atoms with Crippen molar-refractivity contribution in [1.29, 1.82) is 0 Å². The van der Waals surface area contributed by atoms with Gasteiger partial charge in [0.2, 0.25) is 5.76 Å². The van der Waals surface area contributed by atoms with E-state index in [1.807, 2.05) is 6.92 Å². The van der Waals surface area contributed by atoms with Crippen LogP contribution < -0.4 is 5.32 Å². The Hall–Kier alpha value is -3.70. The first-order chi connectivity index (χ1) is 17.4. The minimum atomic E-state index is -0.723. The smallest absolute Gasteiger partial charge is 0.433 e. The van der Waals surface area contributed by atoms with Crippen molar-refractivity contribution < 1.29 is 28.1 Å². The van der Waals surface area contributed by atoms with Gasteiger partial charge < -0.3 is 28.7 Å². The molecule has 0 unspecified atom stereocenters. The van der Waals surface area contributed by atoms with E-state index in [2.05, 4.69) is 17.3 Å². The number of rotatable bonds is 10. The van der Waals surface area contributed by atoms with Gasteiger partial charge in [-0.25, -0.2) is 0 Å². The lowest BCUT2D eigenvalue weighted by atomic mass is 10.0. The van der Waals surface area contributed by atoms with Crippen molar-refractivity contribution in [1.82, 2.24) is 9.80 Å². The van der Waals surface area contributed by atoms with Gasteiger partial charge in [0.1, 0.15) is 16.2 Å². The number of likely N-dealkylation sites (tertiary alicyclic amines) is 1. The third kappa shape index (κ3) is 5.58. The Morgan fingerprint density at radius 3 is 2.64 bits per heavy atom. The number of nitro groups is 1. The zero-order valence-corrected chi connectivity index (χ0v) is 20.4. The molecule has 0 radical (unpaired) electrons. The molecule has 0 aliphatic carbocycles. The second-order valence-corrected chi connectivity index (χ2v) is 8.71. The lowest BCUT2D eigenvalue weighted by Gasteiger charge is -2.36. The predicted octanol–water partition coefficient (Wildman–Crippen LogP) is 4.15. The molecule has 1 N–H and O–H groups in total. The Kier molecular flexibility index (Phi) is 8.01. The van der Waals surface area contributed by atoms with E-state index in [0.717, 1.165) is 45.1 Å². The summed E-state index contributed by atoms with van der Waals surface area (Å²) in [5.74, 6) is -1.78. The molecular weight excluding hydrogens is 468 g/mol. The normalized spacial score (nSPS) is 14.5. The molecule has 0 saturated carbocycles. The highest BCUT2D eigenvalue weighted by molar-refractivity contribution is 6.13. The molecule has 1 aliphatic heterocycles. The lowest BCUT2D eigenvalue weighted by Crippen LogP contribution is -2.46. The highest BCUT2D eigenvalue weighted by Gasteiger charge is 2.31. The second-order valence-electron chi connectivity index (χ2n) is 8.71. The van der Waals surface area contributed by atoms with E-state index < -0.39 is 16.7 Å². The average molecular weight is 499 g/mol. The maximum Gasteiger partial charge on any atom is 0.433 e. The number of nitrogens with one attached hydrogen (secondary N) is 1. The number of anilines is 1. The number of benzene rings is 1. The van der Waals surface area contributed by atoms with E-state index in [-0.39, 0.29) is 23.1 Å². The Morgan fingerprint density at radius 1 is 1.19 bits per heavy atom. The third-order valence-electron chi connectivity index (χ3n) is 6.40. The number of para-hydroxylation sites is 1. The average Bonchev–Trinajstić information content (AvgIpc) is 3.52. The number of hydrogen-bond donors (Lipinski definition) is 1. The molecule has 4 rings (SSSR count). The van der Waals surface area contributed by atoms with Crippen molar-refractivity contribution in [2.45, 2.75) is 32.2 Å². The summed E-state index contributed by atoms with van der Waals surface area (Å²) < 4.78 is 16.3. The zero-order valence-electron chi connectivity index (χ0n) is 20.4. The summed E-state index contributed by atoms with van der Waals surface area (Å²) in [7, 11) is 2.10. The van der Waals surface area contributed by atoms with Crippen molar-refractivity contribution in [3.05, 3.63) is 58.0 Å². The fraction of sp³-hybridized carbons (Fsp3) is 0.440. The van der Waals surface area contributed by atoms with Gasteiger partial charge in [-0.2, -0.15) is 0 Å². The molecule has 1 aromatic carbocycles. The Morgan fingerprint density at radius 2 is 1.94 bits per heavy atom. The molecule has 2 aromatic heterocycles. The molecule has 1 fully saturated rings. The quantitative estimate of drug-likeness (QED) is 0.251. The molecule has 3 heterocycles.